The molecule has 114 valence electrons. The largest absolute Gasteiger partial charge is 0.478 e. The smallest absolute Gasteiger partial charge is 0.406 e. The third-order valence-corrected chi connectivity index (χ3v) is 2.34. The first-order chi connectivity index (χ1) is 9.67. The summed E-state index contributed by atoms with van der Waals surface area (Å²) in [5.41, 5.74) is 0.889. The van der Waals surface area contributed by atoms with Gasteiger partial charge in [-0.1, -0.05) is 12.1 Å². The van der Waals surface area contributed by atoms with Crippen LogP contribution in [0, 0.1) is 0 Å². The van der Waals surface area contributed by atoms with Crippen molar-refractivity contribution in [2.75, 3.05) is 18.9 Å². The Balaban J connectivity index is 2.63. The molecule has 0 aliphatic rings. The second-order valence-corrected chi connectivity index (χ2v) is 4.19. The highest BCUT2D eigenvalue weighted by molar-refractivity contribution is 5.89. The minimum atomic E-state index is -4.46. The summed E-state index contributed by atoms with van der Waals surface area (Å²) in [4.78, 5) is 22.4. The molecule has 5 nitrogen and oxygen atoms in total. The summed E-state index contributed by atoms with van der Waals surface area (Å²) in [7, 11) is 1.03. The van der Waals surface area contributed by atoms with Gasteiger partial charge >= 0.3 is 18.2 Å². The molecule has 0 atom stereocenters. The summed E-state index contributed by atoms with van der Waals surface area (Å²) in [5.74, 6) is -1.10. The zero-order valence-corrected chi connectivity index (χ0v) is 11.0. The van der Waals surface area contributed by atoms with Crippen molar-refractivity contribution in [3.63, 3.8) is 0 Å². The fraction of sp³-hybridized carbons (Fsp3) is 0.231. The molecule has 0 saturated heterocycles. The number of carboxylic acids is 1. The second-order valence-electron chi connectivity index (χ2n) is 4.19. The maximum atomic E-state index is 12.1. The molecule has 0 aromatic heterocycles. The number of amides is 2. The molecule has 1 aromatic carbocycles. The molecule has 0 heterocycles. The number of nitrogens with one attached hydrogen (secondary N) is 1. The molecule has 0 aliphatic carbocycles. The van der Waals surface area contributed by atoms with E-state index >= 15 is 0 Å². The van der Waals surface area contributed by atoms with Crippen molar-refractivity contribution >= 4 is 23.8 Å². The van der Waals surface area contributed by atoms with Crippen molar-refractivity contribution < 1.29 is 27.9 Å². The standard InChI is InChI=1S/C13H13F3N2O3/c1-18(8-13(14,15)16)12(21)17-10-5-2-9(3-6-10)4-7-11(19)20/h2-7H,8H2,1H3,(H,17,21)(H,19,20)/b7-4+. The Morgan fingerprint density at radius 2 is 1.86 bits per heavy atom. The Bertz CT molecular complexity index is 539. The minimum Gasteiger partial charge on any atom is -0.478 e. The number of alkyl halides is 3. The number of nitrogens with zero attached hydrogens (tertiary/aromatic N) is 1. The number of halogens is 3. The highest BCUT2D eigenvalue weighted by Crippen LogP contribution is 2.17. The molecule has 0 radical (unpaired) electrons. The fourth-order valence-corrected chi connectivity index (χ4v) is 1.40. The molecule has 0 bridgehead atoms. The lowest BCUT2D eigenvalue weighted by molar-refractivity contribution is -0.137. The van der Waals surface area contributed by atoms with Crippen LogP contribution >= 0.6 is 0 Å². The number of carbonyl (C=O) groups is 2. The monoisotopic (exact) mass is 302 g/mol. The van der Waals surface area contributed by atoms with Crippen LogP contribution in [-0.4, -0.2) is 41.8 Å². The van der Waals surface area contributed by atoms with Crippen molar-refractivity contribution in [1.82, 2.24) is 4.90 Å². The topological polar surface area (TPSA) is 69.6 Å². The van der Waals surface area contributed by atoms with Crippen molar-refractivity contribution in [2.24, 2.45) is 0 Å². The molecule has 1 rings (SSSR count). The molecule has 8 heteroatoms. The molecule has 0 unspecified atom stereocenters. The van der Waals surface area contributed by atoms with Gasteiger partial charge in [-0.15, -0.1) is 0 Å². The van der Waals surface area contributed by atoms with E-state index in [0.717, 1.165) is 13.1 Å². The second kappa shape index (κ2) is 6.78. The number of benzene rings is 1. The van der Waals surface area contributed by atoms with E-state index in [1.165, 1.54) is 30.3 Å². The van der Waals surface area contributed by atoms with Gasteiger partial charge in [0.2, 0.25) is 0 Å². The van der Waals surface area contributed by atoms with E-state index in [0.29, 0.717) is 16.2 Å². The van der Waals surface area contributed by atoms with Crippen molar-refractivity contribution in [3.05, 3.63) is 35.9 Å². The molecule has 0 aliphatic heterocycles. The molecule has 2 amide bonds. The van der Waals surface area contributed by atoms with E-state index in [1.54, 1.807) is 0 Å². The Morgan fingerprint density at radius 1 is 1.29 bits per heavy atom. The number of hydrogen-bond donors (Lipinski definition) is 2. The van der Waals surface area contributed by atoms with Crippen LogP contribution in [0.5, 0.6) is 0 Å². The van der Waals surface area contributed by atoms with E-state index in [4.69, 9.17) is 5.11 Å². The first kappa shape index (κ1) is 16.5. The number of carbonyl (C=O) groups excluding carboxylic acids is 1. The van der Waals surface area contributed by atoms with Crippen LogP contribution in [0.25, 0.3) is 6.08 Å². The third-order valence-electron chi connectivity index (χ3n) is 2.34. The summed E-state index contributed by atoms with van der Waals surface area (Å²) >= 11 is 0. The van der Waals surface area contributed by atoms with Gasteiger partial charge in [0.05, 0.1) is 0 Å². The molecular weight excluding hydrogens is 289 g/mol. The van der Waals surface area contributed by atoms with Crippen molar-refractivity contribution in [3.8, 4) is 0 Å². The van der Waals surface area contributed by atoms with Gasteiger partial charge in [-0.3, -0.25) is 0 Å². The Kier molecular flexibility index (Phi) is 5.34. The number of carboxylic acid groups (broad SMARTS) is 1. The molecule has 1 aromatic rings. The number of aliphatic carboxylic acids is 1. The maximum absolute atomic E-state index is 12.1. The lowest BCUT2D eigenvalue weighted by atomic mass is 10.2. The van der Waals surface area contributed by atoms with Crippen LogP contribution in [0.15, 0.2) is 30.3 Å². The first-order valence-corrected chi connectivity index (χ1v) is 5.77. The predicted octanol–water partition coefficient (Wildman–Crippen LogP) is 2.81. The van der Waals surface area contributed by atoms with E-state index < -0.39 is 24.7 Å². The van der Waals surface area contributed by atoms with E-state index in [-0.39, 0.29) is 0 Å². The van der Waals surface area contributed by atoms with E-state index in [1.807, 2.05) is 0 Å². The number of urea groups is 1. The number of hydrogen-bond acceptors (Lipinski definition) is 2. The van der Waals surface area contributed by atoms with Crippen LogP contribution < -0.4 is 5.32 Å². The summed E-state index contributed by atoms with van der Waals surface area (Å²) < 4.78 is 36.4. The summed E-state index contributed by atoms with van der Waals surface area (Å²) in [6, 6.07) is 5.08. The quantitative estimate of drug-likeness (QED) is 0.840. The predicted molar refractivity (Wildman–Crippen MR) is 70.8 cm³/mol. The van der Waals surface area contributed by atoms with Gasteiger partial charge in [0, 0.05) is 18.8 Å². The zero-order chi connectivity index (χ0) is 16.0. The molecule has 21 heavy (non-hydrogen) atoms. The highest BCUT2D eigenvalue weighted by atomic mass is 19.4. The zero-order valence-electron chi connectivity index (χ0n) is 11.0. The van der Waals surface area contributed by atoms with Gasteiger partial charge in [-0.2, -0.15) is 13.2 Å². The number of anilines is 1. The van der Waals surface area contributed by atoms with Gasteiger partial charge in [-0.25, -0.2) is 9.59 Å². The van der Waals surface area contributed by atoms with Crippen molar-refractivity contribution in [2.45, 2.75) is 6.18 Å². The summed E-state index contributed by atoms with van der Waals surface area (Å²) in [5, 5.41) is 10.8. The SMILES string of the molecule is CN(CC(F)(F)F)C(=O)Nc1ccc(/C=C/C(=O)O)cc1. The summed E-state index contributed by atoms with van der Waals surface area (Å²) in [6.45, 7) is -1.35. The van der Waals surface area contributed by atoms with Crippen molar-refractivity contribution in [1.29, 1.82) is 0 Å². The molecular formula is C13H13F3N2O3. The van der Waals surface area contributed by atoms with Crippen LogP contribution in [0.3, 0.4) is 0 Å². The van der Waals surface area contributed by atoms with Crippen LogP contribution in [0.2, 0.25) is 0 Å². The highest BCUT2D eigenvalue weighted by Gasteiger charge is 2.31. The molecule has 0 saturated carbocycles. The average molecular weight is 302 g/mol. The van der Waals surface area contributed by atoms with Crippen LogP contribution in [0.4, 0.5) is 23.7 Å². The van der Waals surface area contributed by atoms with Crippen LogP contribution in [-0.2, 0) is 4.79 Å². The first-order valence-electron chi connectivity index (χ1n) is 5.77. The lowest BCUT2D eigenvalue weighted by Gasteiger charge is -2.19. The van der Waals surface area contributed by atoms with E-state index in [9.17, 15) is 22.8 Å². The van der Waals surface area contributed by atoms with E-state index in [2.05, 4.69) is 5.32 Å². The van der Waals surface area contributed by atoms with Gasteiger partial charge in [0.25, 0.3) is 0 Å². The summed E-state index contributed by atoms with van der Waals surface area (Å²) in [6.07, 6.45) is -2.16. The van der Waals surface area contributed by atoms with Gasteiger partial charge in [0.1, 0.15) is 6.54 Å². The lowest BCUT2D eigenvalue weighted by Crippen LogP contribution is -2.38. The average Bonchev–Trinajstić information content (AvgIpc) is 2.35. The van der Waals surface area contributed by atoms with Gasteiger partial charge < -0.3 is 15.3 Å². The molecule has 0 fully saturated rings. The Morgan fingerprint density at radius 3 is 2.33 bits per heavy atom. The molecule has 2 N–H and O–H groups in total. The van der Waals surface area contributed by atoms with Crippen LogP contribution in [0.1, 0.15) is 5.56 Å². The Labute approximate surface area is 118 Å². The van der Waals surface area contributed by atoms with Gasteiger partial charge in [-0.05, 0) is 23.8 Å². The normalized spacial score (nSPS) is 11.4. The third kappa shape index (κ3) is 6.46. The molecule has 0 spiro atoms. The number of rotatable bonds is 4. The Hall–Kier alpha value is -2.51. The fourth-order valence-electron chi connectivity index (χ4n) is 1.40. The van der Waals surface area contributed by atoms with Gasteiger partial charge in [0.15, 0.2) is 0 Å². The maximum Gasteiger partial charge on any atom is 0.406 e. The minimum absolute atomic E-state index is 0.307.